The molecular formula is C15H20N6O. The zero-order valence-electron chi connectivity index (χ0n) is 12.4. The Morgan fingerprint density at radius 1 is 1.32 bits per heavy atom. The minimum Gasteiger partial charge on any atom is -0.381 e. The summed E-state index contributed by atoms with van der Waals surface area (Å²) in [4.78, 5) is 12.9. The third-order valence-electron chi connectivity index (χ3n) is 4.25. The van der Waals surface area contributed by atoms with Crippen LogP contribution in [0.25, 0.3) is 0 Å². The summed E-state index contributed by atoms with van der Waals surface area (Å²) in [6.07, 6.45) is 7.29. The second kappa shape index (κ2) is 5.57. The first-order chi connectivity index (χ1) is 10.8. The van der Waals surface area contributed by atoms with Crippen molar-refractivity contribution in [3.05, 3.63) is 30.0 Å². The summed E-state index contributed by atoms with van der Waals surface area (Å²) < 4.78 is 7.67. The normalized spacial score (nSPS) is 21.2. The second-order valence-electron chi connectivity index (χ2n) is 5.97. The topological polar surface area (TPSA) is 90.9 Å². The maximum atomic E-state index is 5.84. The van der Waals surface area contributed by atoms with Gasteiger partial charge in [0.05, 0.1) is 30.9 Å². The van der Waals surface area contributed by atoms with Crippen LogP contribution in [0.5, 0.6) is 0 Å². The smallest absolute Gasteiger partial charge is 0.222 e. The predicted octanol–water partition coefficient (Wildman–Crippen LogP) is 1.71. The number of rotatable bonds is 5. The molecule has 2 fully saturated rings. The number of nitrogen functional groups attached to an aromatic ring is 1. The Kier molecular flexibility index (Phi) is 3.42. The molecule has 22 heavy (non-hydrogen) atoms. The lowest BCUT2D eigenvalue weighted by molar-refractivity contribution is 0.193. The molecule has 7 nitrogen and oxygen atoms in total. The molecule has 0 bridgehead atoms. The van der Waals surface area contributed by atoms with E-state index in [1.807, 2.05) is 18.6 Å². The molecule has 0 unspecified atom stereocenters. The Morgan fingerprint density at radius 2 is 2.23 bits per heavy atom. The van der Waals surface area contributed by atoms with Gasteiger partial charge in [-0.2, -0.15) is 4.98 Å². The highest BCUT2D eigenvalue weighted by atomic mass is 16.5. The first-order valence-corrected chi connectivity index (χ1v) is 7.76. The fourth-order valence-electron chi connectivity index (χ4n) is 2.88. The average molecular weight is 300 g/mol. The number of anilines is 2. The van der Waals surface area contributed by atoms with Crippen LogP contribution in [0.3, 0.4) is 0 Å². The Balaban J connectivity index is 1.48. The van der Waals surface area contributed by atoms with E-state index in [1.54, 1.807) is 0 Å². The Hall–Kier alpha value is -2.15. The molecule has 1 aliphatic carbocycles. The second-order valence-corrected chi connectivity index (χ2v) is 5.97. The Bertz CT molecular complexity index is 660. The summed E-state index contributed by atoms with van der Waals surface area (Å²) in [6.45, 7) is 2.19. The highest BCUT2D eigenvalue weighted by molar-refractivity contribution is 5.42. The van der Waals surface area contributed by atoms with Crippen LogP contribution < -0.4 is 11.1 Å². The van der Waals surface area contributed by atoms with Gasteiger partial charge >= 0.3 is 0 Å². The molecule has 2 aromatic heterocycles. The van der Waals surface area contributed by atoms with Gasteiger partial charge < -0.3 is 20.4 Å². The number of hydrogen-bond donors (Lipinski definition) is 2. The molecule has 1 saturated carbocycles. The van der Waals surface area contributed by atoms with Crippen molar-refractivity contribution in [3.8, 4) is 0 Å². The number of nitrogens with two attached hydrogens (primary N) is 1. The molecule has 1 aliphatic heterocycles. The molecule has 0 radical (unpaired) electrons. The van der Waals surface area contributed by atoms with E-state index in [1.165, 1.54) is 18.5 Å². The van der Waals surface area contributed by atoms with Crippen LogP contribution in [0.1, 0.15) is 42.6 Å². The number of imidazole rings is 1. The van der Waals surface area contributed by atoms with Gasteiger partial charge in [-0.15, -0.1) is 0 Å². The van der Waals surface area contributed by atoms with Crippen LogP contribution in [-0.4, -0.2) is 32.7 Å². The summed E-state index contributed by atoms with van der Waals surface area (Å²) in [5.41, 5.74) is 7.98. The Morgan fingerprint density at radius 3 is 3.00 bits per heavy atom. The van der Waals surface area contributed by atoms with E-state index >= 15 is 0 Å². The van der Waals surface area contributed by atoms with Crippen molar-refractivity contribution in [2.75, 3.05) is 24.3 Å². The molecule has 3 heterocycles. The van der Waals surface area contributed by atoms with Crippen molar-refractivity contribution >= 4 is 11.8 Å². The van der Waals surface area contributed by atoms with E-state index in [4.69, 9.17) is 10.5 Å². The minimum absolute atomic E-state index is 0.308. The Labute approximate surface area is 128 Å². The van der Waals surface area contributed by atoms with Crippen LogP contribution in [0.2, 0.25) is 0 Å². The maximum absolute atomic E-state index is 5.84. The van der Waals surface area contributed by atoms with Crippen molar-refractivity contribution < 1.29 is 4.74 Å². The van der Waals surface area contributed by atoms with Gasteiger partial charge in [0.15, 0.2) is 0 Å². The van der Waals surface area contributed by atoms with Crippen LogP contribution in [0.15, 0.2) is 18.6 Å². The molecular weight excluding hydrogens is 280 g/mol. The quantitative estimate of drug-likeness (QED) is 0.873. The fourth-order valence-corrected chi connectivity index (χ4v) is 2.88. The lowest BCUT2D eigenvalue weighted by Crippen LogP contribution is -2.11. The van der Waals surface area contributed by atoms with Crippen molar-refractivity contribution in [2.24, 2.45) is 0 Å². The van der Waals surface area contributed by atoms with Gasteiger partial charge in [0.1, 0.15) is 5.82 Å². The van der Waals surface area contributed by atoms with Crippen LogP contribution in [0.4, 0.5) is 11.8 Å². The first-order valence-electron chi connectivity index (χ1n) is 7.76. The third-order valence-corrected chi connectivity index (χ3v) is 4.25. The van der Waals surface area contributed by atoms with E-state index in [9.17, 15) is 0 Å². The maximum Gasteiger partial charge on any atom is 0.222 e. The third kappa shape index (κ3) is 2.76. The summed E-state index contributed by atoms with van der Waals surface area (Å²) >= 11 is 0. The average Bonchev–Trinajstić information content (AvgIpc) is 3.04. The summed E-state index contributed by atoms with van der Waals surface area (Å²) in [5, 5.41) is 3.34. The summed E-state index contributed by atoms with van der Waals surface area (Å²) in [6, 6.07) is 2.61. The predicted molar refractivity (Wildman–Crippen MR) is 82.4 cm³/mol. The van der Waals surface area contributed by atoms with E-state index in [2.05, 4.69) is 24.8 Å². The molecule has 1 atom stereocenters. The SMILES string of the molecule is Nc1nc(NCc2cncn2C2CC2)cc([C@@H]2CCOC2)n1. The van der Waals surface area contributed by atoms with Gasteiger partial charge in [0.2, 0.25) is 5.95 Å². The molecule has 0 aromatic carbocycles. The summed E-state index contributed by atoms with van der Waals surface area (Å²) in [5.74, 6) is 1.39. The largest absolute Gasteiger partial charge is 0.381 e. The lowest BCUT2D eigenvalue weighted by Gasteiger charge is -2.12. The molecule has 2 aliphatic rings. The van der Waals surface area contributed by atoms with Crippen molar-refractivity contribution in [1.29, 1.82) is 0 Å². The standard InChI is InChI=1S/C15H20N6O/c16-15-19-13(10-3-4-22-8-10)5-14(20-15)18-7-12-6-17-9-21(12)11-1-2-11/h5-6,9-11H,1-4,7-8H2,(H3,16,18,19,20)/t10-/m1/s1. The lowest BCUT2D eigenvalue weighted by atomic mass is 10.0. The van der Waals surface area contributed by atoms with Gasteiger partial charge in [-0.25, -0.2) is 9.97 Å². The van der Waals surface area contributed by atoms with Crippen LogP contribution in [-0.2, 0) is 11.3 Å². The van der Waals surface area contributed by atoms with Gasteiger partial charge in [-0.1, -0.05) is 0 Å². The van der Waals surface area contributed by atoms with E-state index in [0.717, 1.165) is 24.5 Å². The highest BCUT2D eigenvalue weighted by Gasteiger charge is 2.25. The van der Waals surface area contributed by atoms with E-state index in [-0.39, 0.29) is 0 Å². The monoisotopic (exact) mass is 300 g/mol. The molecule has 1 saturated heterocycles. The van der Waals surface area contributed by atoms with Gasteiger partial charge in [0, 0.05) is 30.8 Å². The van der Waals surface area contributed by atoms with Crippen molar-refractivity contribution in [2.45, 2.75) is 37.8 Å². The molecule has 0 amide bonds. The van der Waals surface area contributed by atoms with Crippen molar-refractivity contribution in [3.63, 3.8) is 0 Å². The first kappa shape index (κ1) is 13.5. The molecule has 2 aromatic rings. The van der Waals surface area contributed by atoms with Gasteiger partial charge in [0.25, 0.3) is 0 Å². The molecule has 3 N–H and O–H groups in total. The minimum atomic E-state index is 0.308. The number of nitrogens with one attached hydrogen (secondary N) is 1. The van der Waals surface area contributed by atoms with Crippen molar-refractivity contribution in [1.82, 2.24) is 19.5 Å². The number of ether oxygens (including phenoxy) is 1. The molecule has 0 spiro atoms. The number of nitrogens with zero attached hydrogens (tertiary/aromatic N) is 4. The van der Waals surface area contributed by atoms with Crippen LogP contribution >= 0.6 is 0 Å². The summed E-state index contributed by atoms with van der Waals surface area (Å²) in [7, 11) is 0. The zero-order valence-corrected chi connectivity index (χ0v) is 12.4. The number of hydrogen-bond acceptors (Lipinski definition) is 6. The molecule has 116 valence electrons. The molecule has 7 heteroatoms. The molecule has 4 rings (SSSR count). The van der Waals surface area contributed by atoms with Gasteiger partial charge in [-0.05, 0) is 19.3 Å². The highest BCUT2D eigenvalue weighted by Crippen LogP contribution is 2.35. The van der Waals surface area contributed by atoms with E-state index < -0.39 is 0 Å². The zero-order chi connectivity index (χ0) is 14.9. The fraction of sp³-hybridized carbons (Fsp3) is 0.533. The van der Waals surface area contributed by atoms with Gasteiger partial charge in [-0.3, -0.25) is 0 Å². The van der Waals surface area contributed by atoms with E-state index in [0.29, 0.717) is 31.1 Å². The number of aromatic nitrogens is 4. The van der Waals surface area contributed by atoms with Crippen LogP contribution in [0, 0.1) is 0 Å².